The zero-order valence-electron chi connectivity index (χ0n) is 20.9. The summed E-state index contributed by atoms with van der Waals surface area (Å²) in [7, 11) is 0. The highest BCUT2D eigenvalue weighted by molar-refractivity contribution is 6.24. The van der Waals surface area contributed by atoms with Gasteiger partial charge in [-0.3, -0.25) is 4.98 Å². The third kappa shape index (κ3) is 2.75. The molecular weight excluding hydrogens is 478 g/mol. The normalized spacial score (nSPS) is 12.6. The minimum absolute atomic E-state index is 0.915. The van der Waals surface area contributed by atoms with E-state index in [4.69, 9.17) is 4.42 Å². The number of anilines is 3. The Bertz CT molecular complexity index is 2220. The lowest BCUT2D eigenvalue weighted by Gasteiger charge is -2.33. The van der Waals surface area contributed by atoms with Gasteiger partial charge in [-0.1, -0.05) is 66.7 Å². The first-order valence-corrected chi connectivity index (χ1v) is 13.1. The zero-order chi connectivity index (χ0) is 25.5. The fourth-order valence-corrected chi connectivity index (χ4v) is 6.32. The van der Waals surface area contributed by atoms with E-state index in [-0.39, 0.29) is 0 Å². The predicted molar refractivity (Wildman–Crippen MR) is 160 cm³/mol. The van der Waals surface area contributed by atoms with Crippen LogP contribution in [0, 0.1) is 0 Å². The number of nitrogens with zero attached hydrogens (tertiary/aromatic N) is 3. The second-order valence-electron chi connectivity index (χ2n) is 10.1. The summed E-state index contributed by atoms with van der Waals surface area (Å²) < 4.78 is 8.95. The number of fused-ring (bicyclic) bond motifs is 9. The highest BCUT2D eigenvalue weighted by Gasteiger charge is 2.29. The van der Waals surface area contributed by atoms with E-state index in [0.717, 1.165) is 61.3 Å². The van der Waals surface area contributed by atoms with Crippen LogP contribution in [0.15, 0.2) is 132 Å². The van der Waals surface area contributed by atoms with Gasteiger partial charge in [-0.05, 0) is 59.7 Å². The number of para-hydroxylation sites is 4. The minimum atomic E-state index is 0.915. The van der Waals surface area contributed by atoms with Gasteiger partial charge in [-0.15, -0.1) is 0 Å². The maximum absolute atomic E-state index is 6.54. The van der Waals surface area contributed by atoms with Gasteiger partial charge in [-0.2, -0.15) is 0 Å². The molecule has 0 radical (unpaired) electrons. The van der Waals surface area contributed by atoms with Crippen LogP contribution in [0.5, 0.6) is 0 Å². The van der Waals surface area contributed by atoms with Gasteiger partial charge in [0, 0.05) is 39.6 Å². The summed E-state index contributed by atoms with van der Waals surface area (Å²) in [6.07, 6.45) is 3.71. The lowest BCUT2D eigenvalue weighted by molar-refractivity contribution is 0.671. The molecule has 1 aliphatic rings. The molecule has 4 heterocycles. The van der Waals surface area contributed by atoms with Crippen molar-refractivity contribution in [3.8, 4) is 16.8 Å². The molecule has 0 atom stereocenters. The third-order valence-electron chi connectivity index (χ3n) is 8.00. The van der Waals surface area contributed by atoms with Crippen LogP contribution in [-0.2, 0) is 0 Å². The van der Waals surface area contributed by atoms with Crippen molar-refractivity contribution in [3.05, 3.63) is 128 Å². The van der Waals surface area contributed by atoms with Gasteiger partial charge in [0.25, 0.3) is 0 Å². The average molecular weight is 500 g/mol. The van der Waals surface area contributed by atoms with E-state index >= 15 is 0 Å². The molecule has 0 N–H and O–H groups in total. The van der Waals surface area contributed by atoms with Gasteiger partial charge in [0.05, 0.1) is 28.1 Å². The molecule has 0 aliphatic carbocycles. The number of rotatable bonds is 2. The Morgan fingerprint density at radius 1 is 0.513 bits per heavy atom. The van der Waals surface area contributed by atoms with Crippen LogP contribution < -0.4 is 4.90 Å². The molecule has 0 unspecified atom stereocenters. The maximum Gasteiger partial charge on any atom is 0.160 e. The van der Waals surface area contributed by atoms with Crippen LogP contribution in [0.4, 0.5) is 17.1 Å². The highest BCUT2D eigenvalue weighted by Crippen LogP contribution is 2.51. The van der Waals surface area contributed by atoms with E-state index in [0.29, 0.717) is 0 Å². The molecule has 182 valence electrons. The molecular formula is C35H21N3O. The van der Waals surface area contributed by atoms with E-state index in [1.54, 1.807) is 6.20 Å². The summed E-state index contributed by atoms with van der Waals surface area (Å²) >= 11 is 0. The number of benzene rings is 5. The summed E-state index contributed by atoms with van der Waals surface area (Å²) in [5.41, 5.74) is 11.0. The van der Waals surface area contributed by atoms with Crippen LogP contribution in [-0.4, -0.2) is 9.55 Å². The summed E-state index contributed by atoms with van der Waals surface area (Å²) in [6, 6.07) is 40.8. The molecule has 0 saturated heterocycles. The van der Waals surface area contributed by atoms with Crippen molar-refractivity contribution >= 4 is 60.8 Å². The second-order valence-corrected chi connectivity index (χ2v) is 10.1. The van der Waals surface area contributed by atoms with E-state index in [1.807, 2.05) is 18.3 Å². The quantitative estimate of drug-likeness (QED) is 0.237. The van der Waals surface area contributed by atoms with Crippen LogP contribution >= 0.6 is 0 Å². The molecule has 0 saturated carbocycles. The van der Waals surface area contributed by atoms with Crippen molar-refractivity contribution in [2.45, 2.75) is 0 Å². The molecule has 0 spiro atoms. The summed E-state index contributed by atoms with van der Waals surface area (Å²) in [4.78, 5) is 6.66. The largest absolute Gasteiger partial charge is 0.454 e. The van der Waals surface area contributed by atoms with Gasteiger partial charge in [0.1, 0.15) is 5.58 Å². The monoisotopic (exact) mass is 499 g/mol. The number of furan rings is 1. The molecule has 0 amide bonds. The number of aromatic nitrogens is 2. The SMILES string of the molecule is c1cncc(-c2ccc(N3c4ccccc4-n4c5c3cccc5c3ccc5c6ccccc6oc5c34)cc2)c1. The second kappa shape index (κ2) is 7.59. The lowest BCUT2D eigenvalue weighted by Crippen LogP contribution is -2.18. The number of hydrogen-bond acceptors (Lipinski definition) is 3. The minimum Gasteiger partial charge on any atom is -0.454 e. The van der Waals surface area contributed by atoms with Crippen molar-refractivity contribution in [2.24, 2.45) is 0 Å². The highest BCUT2D eigenvalue weighted by atomic mass is 16.3. The Kier molecular flexibility index (Phi) is 4.02. The van der Waals surface area contributed by atoms with Crippen LogP contribution in [0.2, 0.25) is 0 Å². The van der Waals surface area contributed by atoms with Crippen LogP contribution in [0.25, 0.3) is 60.6 Å². The summed E-state index contributed by atoms with van der Waals surface area (Å²) in [5, 5.41) is 4.70. The fourth-order valence-electron chi connectivity index (χ4n) is 6.32. The third-order valence-corrected chi connectivity index (χ3v) is 8.00. The molecule has 5 aromatic carbocycles. The topological polar surface area (TPSA) is 34.2 Å². The van der Waals surface area contributed by atoms with Crippen LogP contribution in [0.1, 0.15) is 0 Å². The van der Waals surface area contributed by atoms with E-state index < -0.39 is 0 Å². The first-order valence-electron chi connectivity index (χ1n) is 13.1. The molecule has 8 aromatic rings. The zero-order valence-corrected chi connectivity index (χ0v) is 20.9. The molecule has 4 nitrogen and oxygen atoms in total. The molecule has 39 heavy (non-hydrogen) atoms. The molecule has 0 bridgehead atoms. The Hall–Kier alpha value is -5.35. The fraction of sp³-hybridized carbons (Fsp3) is 0. The van der Waals surface area contributed by atoms with Crippen molar-refractivity contribution in [1.82, 2.24) is 9.55 Å². The maximum atomic E-state index is 6.54. The van der Waals surface area contributed by atoms with E-state index in [2.05, 4.69) is 118 Å². The van der Waals surface area contributed by atoms with E-state index in [1.165, 1.54) is 16.3 Å². The Labute approximate surface area is 224 Å². The average Bonchev–Trinajstić information content (AvgIpc) is 3.55. The standard InChI is InChI=1S/C35H21N3O/c1-4-13-32-25(8-1)28-19-18-27-26-9-5-12-31-33(26)38(34(27)35(28)39-32)30-11-3-2-10-29(30)37(31)24-16-14-22(15-17-24)23-7-6-20-36-21-23/h1-21H. The van der Waals surface area contributed by atoms with Crippen molar-refractivity contribution < 1.29 is 4.42 Å². The Balaban J connectivity index is 1.36. The molecule has 0 fully saturated rings. The summed E-state index contributed by atoms with van der Waals surface area (Å²) in [6.45, 7) is 0. The Morgan fingerprint density at radius 3 is 2.13 bits per heavy atom. The van der Waals surface area contributed by atoms with Gasteiger partial charge in [0.2, 0.25) is 0 Å². The smallest absolute Gasteiger partial charge is 0.160 e. The molecule has 9 rings (SSSR count). The molecule has 4 heteroatoms. The molecule has 3 aromatic heterocycles. The van der Waals surface area contributed by atoms with Gasteiger partial charge in [0.15, 0.2) is 5.58 Å². The Morgan fingerprint density at radius 2 is 1.26 bits per heavy atom. The number of hydrogen-bond donors (Lipinski definition) is 0. The summed E-state index contributed by atoms with van der Waals surface area (Å²) in [5.74, 6) is 0. The van der Waals surface area contributed by atoms with Crippen molar-refractivity contribution in [2.75, 3.05) is 4.90 Å². The first kappa shape index (κ1) is 20.7. The first-order chi connectivity index (χ1) is 19.4. The van der Waals surface area contributed by atoms with Crippen molar-refractivity contribution in [1.29, 1.82) is 0 Å². The van der Waals surface area contributed by atoms with Crippen molar-refractivity contribution in [3.63, 3.8) is 0 Å². The number of pyridine rings is 1. The predicted octanol–water partition coefficient (Wildman–Crippen LogP) is 9.53. The van der Waals surface area contributed by atoms with Gasteiger partial charge in [-0.25, -0.2) is 0 Å². The van der Waals surface area contributed by atoms with E-state index in [9.17, 15) is 0 Å². The lowest BCUT2D eigenvalue weighted by atomic mass is 10.0. The van der Waals surface area contributed by atoms with Crippen LogP contribution in [0.3, 0.4) is 0 Å². The van der Waals surface area contributed by atoms with Gasteiger partial charge < -0.3 is 13.9 Å². The molecule has 1 aliphatic heterocycles. The van der Waals surface area contributed by atoms with Gasteiger partial charge >= 0.3 is 0 Å².